The Balaban J connectivity index is 1.35. The molecule has 4 rings (SSSR count). The Labute approximate surface area is 150 Å². The fourth-order valence-corrected chi connectivity index (χ4v) is 4.93. The molecule has 1 N–H and O–H groups in total. The number of benzene rings is 1. The van der Waals surface area contributed by atoms with Gasteiger partial charge in [-0.3, -0.25) is 14.9 Å². The van der Waals surface area contributed by atoms with Crippen LogP contribution in [0, 0.1) is 31.6 Å². The predicted molar refractivity (Wildman–Crippen MR) is 97.5 cm³/mol. The number of allylic oxidation sites excluding steroid dienone is 2. The van der Waals surface area contributed by atoms with Crippen LogP contribution in [0.25, 0.3) is 10.2 Å². The Morgan fingerprint density at radius 1 is 1.28 bits per heavy atom. The van der Waals surface area contributed by atoms with Crippen LogP contribution >= 0.6 is 11.3 Å². The zero-order valence-electron chi connectivity index (χ0n) is 14.2. The summed E-state index contributed by atoms with van der Waals surface area (Å²) >= 11 is 1.43. The summed E-state index contributed by atoms with van der Waals surface area (Å²) in [5, 5.41) is 3.27. The third kappa shape index (κ3) is 3.18. The van der Waals surface area contributed by atoms with Crippen LogP contribution in [0.2, 0.25) is 0 Å². The number of aryl methyl sites for hydroxylation is 2. The molecular formula is C19H20N2O3S. The first kappa shape index (κ1) is 16.3. The second-order valence-electron chi connectivity index (χ2n) is 6.99. The minimum Gasteiger partial charge on any atom is -0.455 e. The number of anilines is 1. The summed E-state index contributed by atoms with van der Waals surface area (Å²) < 4.78 is 6.26. The zero-order chi connectivity index (χ0) is 17.6. The monoisotopic (exact) mass is 356 g/mol. The maximum absolute atomic E-state index is 12.2. The largest absolute Gasteiger partial charge is 0.455 e. The lowest BCUT2D eigenvalue weighted by molar-refractivity contribution is -0.152. The fourth-order valence-electron chi connectivity index (χ4n) is 3.87. The number of fused-ring (bicyclic) bond motifs is 3. The molecule has 0 spiro atoms. The van der Waals surface area contributed by atoms with E-state index in [2.05, 4.69) is 34.6 Å². The van der Waals surface area contributed by atoms with Crippen molar-refractivity contribution in [3.05, 3.63) is 35.4 Å². The van der Waals surface area contributed by atoms with Gasteiger partial charge in [-0.05, 0) is 55.7 Å². The van der Waals surface area contributed by atoms with Crippen LogP contribution in [-0.4, -0.2) is 23.5 Å². The van der Waals surface area contributed by atoms with Gasteiger partial charge in [0.05, 0.1) is 16.1 Å². The lowest BCUT2D eigenvalue weighted by atomic mass is 9.94. The van der Waals surface area contributed by atoms with E-state index in [4.69, 9.17) is 4.74 Å². The van der Waals surface area contributed by atoms with Crippen molar-refractivity contribution in [2.24, 2.45) is 17.8 Å². The maximum atomic E-state index is 12.2. The zero-order valence-corrected chi connectivity index (χ0v) is 15.1. The number of rotatable bonds is 4. The molecule has 1 heterocycles. The van der Waals surface area contributed by atoms with Crippen molar-refractivity contribution in [1.29, 1.82) is 0 Å². The Kier molecular flexibility index (Phi) is 4.07. The average Bonchev–Trinajstić information content (AvgIpc) is 3.27. The number of aromatic nitrogens is 1. The third-order valence-electron chi connectivity index (χ3n) is 5.00. The number of esters is 1. The van der Waals surface area contributed by atoms with E-state index in [0.717, 1.165) is 28.6 Å². The second kappa shape index (κ2) is 6.26. The van der Waals surface area contributed by atoms with Crippen molar-refractivity contribution in [1.82, 2.24) is 4.98 Å². The molecule has 1 aromatic heterocycles. The Bertz CT molecular complexity index is 886. The van der Waals surface area contributed by atoms with Gasteiger partial charge < -0.3 is 4.74 Å². The normalized spacial score (nSPS) is 24.0. The number of hydrogen-bond donors (Lipinski definition) is 1. The van der Waals surface area contributed by atoms with Crippen molar-refractivity contribution in [2.45, 2.75) is 26.7 Å². The van der Waals surface area contributed by atoms with Crippen molar-refractivity contribution >= 4 is 38.6 Å². The fraction of sp³-hybridized carbons (Fsp3) is 0.421. The molecule has 3 unspecified atom stereocenters. The van der Waals surface area contributed by atoms with Crippen molar-refractivity contribution < 1.29 is 14.3 Å². The number of nitrogens with zero attached hydrogens (tertiary/aromatic N) is 1. The van der Waals surface area contributed by atoms with Crippen molar-refractivity contribution in [3.63, 3.8) is 0 Å². The highest BCUT2D eigenvalue weighted by atomic mass is 32.1. The summed E-state index contributed by atoms with van der Waals surface area (Å²) in [4.78, 5) is 28.7. The maximum Gasteiger partial charge on any atom is 0.310 e. The molecule has 0 saturated heterocycles. The minimum atomic E-state index is -0.347. The first-order valence-corrected chi connectivity index (χ1v) is 9.34. The SMILES string of the molecule is Cc1cc(C)c2nc(NC(=O)COC(=O)C3CC4C=CC3C4)sc2c1. The lowest BCUT2D eigenvalue weighted by Gasteiger charge is -2.16. The van der Waals surface area contributed by atoms with E-state index in [0.29, 0.717) is 11.0 Å². The van der Waals surface area contributed by atoms with E-state index >= 15 is 0 Å². The number of amides is 1. The highest BCUT2D eigenvalue weighted by molar-refractivity contribution is 7.22. The Morgan fingerprint density at radius 3 is 2.84 bits per heavy atom. The molecule has 2 aromatic rings. The van der Waals surface area contributed by atoms with Crippen LogP contribution < -0.4 is 5.32 Å². The number of nitrogens with one attached hydrogen (secondary N) is 1. The smallest absolute Gasteiger partial charge is 0.310 e. The Hall–Kier alpha value is -2.21. The van der Waals surface area contributed by atoms with Crippen molar-refractivity contribution in [2.75, 3.05) is 11.9 Å². The van der Waals surface area contributed by atoms with Gasteiger partial charge in [0.15, 0.2) is 11.7 Å². The summed E-state index contributed by atoms with van der Waals surface area (Å²) in [6, 6.07) is 4.12. The van der Waals surface area contributed by atoms with Gasteiger partial charge in [-0.1, -0.05) is 29.6 Å². The van der Waals surface area contributed by atoms with Gasteiger partial charge >= 0.3 is 5.97 Å². The molecule has 2 aliphatic carbocycles. The van der Waals surface area contributed by atoms with Gasteiger partial charge in [0.2, 0.25) is 0 Å². The number of carbonyl (C=O) groups is 2. The van der Waals surface area contributed by atoms with Crippen LogP contribution in [0.15, 0.2) is 24.3 Å². The van der Waals surface area contributed by atoms with E-state index in [1.165, 1.54) is 16.9 Å². The predicted octanol–water partition coefficient (Wildman–Crippen LogP) is 3.61. The number of carbonyl (C=O) groups excluding carboxylic acids is 2. The van der Waals surface area contributed by atoms with E-state index in [1.54, 1.807) is 0 Å². The summed E-state index contributed by atoms with van der Waals surface area (Å²) in [6.07, 6.45) is 6.16. The van der Waals surface area contributed by atoms with Gasteiger partial charge in [-0.2, -0.15) is 0 Å². The first-order chi connectivity index (χ1) is 12.0. The van der Waals surface area contributed by atoms with Crippen LogP contribution in [0.3, 0.4) is 0 Å². The third-order valence-corrected chi connectivity index (χ3v) is 5.92. The highest BCUT2D eigenvalue weighted by Gasteiger charge is 2.40. The molecule has 1 amide bonds. The molecule has 1 aromatic carbocycles. The molecule has 5 nitrogen and oxygen atoms in total. The molecule has 3 atom stereocenters. The van der Waals surface area contributed by atoms with E-state index in [-0.39, 0.29) is 30.3 Å². The molecule has 2 aliphatic rings. The molecule has 1 fully saturated rings. The molecule has 6 heteroatoms. The Morgan fingerprint density at radius 2 is 2.12 bits per heavy atom. The topological polar surface area (TPSA) is 68.3 Å². The number of hydrogen-bond acceptors (Lipinski definition) is 5. The first-order valence-electron chi connectivity index (χ1n) is 8.52. The highest BCUT2D eigenvalue weighted by Crippen LogP contribution is 2.43. The molecule has 2 bridgehead atoms. The second-order valence-corrected chi connectivity index (χ2v) is 8.02. The van der Waals surface area contributed by atoms with Crippen LogP contribution in [-0.2, 0) is 14.3 Å². The lowest BCUT2D eigenvalue weighted by Crippen LogP contribution is -2.26. The summed E-state index contributed by atoms with van der Waals surface area (Å²) in [5.41, 5.74) is 3.15. The van der Waals surface area contributed by atoms with Crippen molar-refractivity contribution in [3.8, 4) is 0 Å². The molecule has 25 heavy (non-hydrogen) atoms. The van der Waals surface area contributed by atoms with Gasteiger partial charge in [-0.25, -0.2) is 4.98 Å². The van der Waals surface area contributed by atoms with Gasteiger partial charge in [0.1, 0.15) is 0 Å². The average molecular weight is 356 g/mol. The van der Waals surface area contributed by atoms with E-state index in [9.17, 15) is 9.59 Å². The molecule has 0 aliphatic heterocycles. The summed E-state index contributed by atoms with van der Waals surface area (Å²) in [7, 11) is 0. The van der Waals surface area contributed by atoms with Gasteiger partial charge in [-0.15, -0.1) is 0 Å². The summed E-state index contributed by atoms with van der Waals surface area (Å²) in [5.74, 6) is 0.0981. The molecule has 0 radical (unpaired) electrons. The van der Waals surface area contributed by atoms with Crippen LogP contribution in [0.4, 0.5) is 5.13 Å². The number of thiazole rings is 1. The molecule has 1 saturated carbocycles. The molecule has 130 valence electrons. The van der Waals surface area contributed by atoms with Crippen LogP contribution in [0.5, 0.6) is 0 Å². The van der Waals surface area contributed by atoms with Gasteiger partial charge in [0.25, 0.3) is 5.91 Å². The minimum absolute atomic E-state index is 0.0872. The van der Waals surface area contributed by atoms with Gasteiger partial charge in [0, 0.05) is 0 Å². The number of ether oxygens (including phenoxy) is 1. The van der Waals surface area contributed by atoms with Crippen LogP contribution in [0.1, 0.15) is 24.0 Å². The molecular weight excluding hydrogens is 336 g/mol. The summed E-state index contributed by atoms with van der Waals surface area (Å²) in [6.45, 7) is 3.78. The standard InChI is InChI=1S/C19H20N2O3S/c1-10-5-11(2)17-15(6-10)25-19(21-17)20-16(22)9-24-18(23)14-8-12-3-4-13(14)7-12/h3-6,12-14H,7-9H2,1-2H3,(H,20,21,22). The quantitative estimate of drug-likeness (QED) is 0.671. The van der Waals surface area contributed by atoms with E-state index in [1.807, 2.05) is 13.8 Å². The van der Waals surface area contributed by atoms with E-state index < -0.39 is 0 Å².